The number of hydrazine groups is 2. The van der Waals surface area contributed by atoms with Crippen molar-refractivity contribution in [2.24, 2.45) is 11.7 Å². The maximum absolute atomic E-state index is 12.2. The van der Waals surface area contributed by atoms with Gasteiger partial charge in [-0.3, -0.25) is 20.4 Å². The summed E-state index contributed by atoms with van der Waals surface area (Å²) in [6, 6.07) is 2.90. The van der Waals surface area contributed by atoms with Gasteiger partial charge in [0.1, 0.15) is 37.8 Å². The number of quaternary nitrogens is 2. The number of carbonyl (C=O) groups excluding carboxylic acids is 2. The summed E-state index contributed by atoms with van der Waals surface area (Å²) in [6.07, 6.45) is 0. The van der Waals surface area contributed by atoms with Gasteiger partial charge in [0.2, 0.25) is 0 Å². The van der Waals surface area contributed by atoms with Gasteiger partial charge >= 0.3 is 0 Å². The van der Waals surface area contributed by atoms with Crippen molar-refractivity contribution in [3.63, 3.8) is 0 Å². The summed E-state index contributed by atoms with van der Waals surface area (Å²) in [7, 11) is 12.1. The molecule has 0 heterocycles. The second-order valence-electron chi connectivity index (χ2n) is 8.52. The van der Waals surface area contributed by atoms with Crippen LogP contribution in [0.4, 0.5) is 0 Å². The lowest BCUT2D eigenvalue weighted by molar-refractivity contribution is -0.870. The van der Waals surface area contributed by atoms with Crippen molar-refractivity contribution in [1.29, 1.82) is 0 Å². The Morgan fingerprint density at radius 3 is 1.36 bits per heavy atom. The van der Waals surface area contributed by atoms with Gasteiger partial charge in [0.05, 0.1) is 53.4 Å². The van der Waals surface area contributed by atoms with E-state index in [4.69, 9.17) is 21.2 Å². The average Bonchev–Trinajstić information content (AvgIpc) is 2.58. The number of amides is 2. The number of rotatable bonds is 10. The molecule has 0 atom stereocenters. The zero-order chi connectivity index (χ0) is 21.5. The Bertz CT molecular complexity index is 635. The maximum atomic E-state index is 12.2. The molecule has 0 bridgehead atoms. The third-order valence-electron chi connectivity index (χ3n) is 3.87. The first-order valence-corrected chi connectivity index (χ1v) is 8.94. The van der Waals surface area contributed by atoms with Gasteiger partial charge in [-0.1, -0.05) is 0 Å². The molecule has 0 saturated carbocycles. The Kier molecular flexibility index (Phi) is 8.18. The fraction of sp³-hybridized carbons (Fsp3) is 0.556. The maximum Gasteiger partial charge on any atom is 0.269 e. The van der Waals surface area contributed by atoms with Crippen molar-refractivity contribution >= 4 is 11.8 Å². The van der Waals surface area contributed by atoms with Gasteiger partial charge in [0, 0.05) is 0 Å². The van der Waals surface area contributed by atoms with Crippen LogP contribution in [0.5, 0.6) is 11.5 Å². The van der Waals surface area contributed by atoms with E-state index in [1.807, 2.05) is 42.3 Å². The molecule has 6 N–H and O–H groups in total. The minimum atomic E-state index is -0.545. The highest BCUT2D eigenvalue weighted by Gasteiger charge is 2.22. The number of nitrogens with two attached hydrogens (primary N) is 2. The van der Waals surface area contributed by atoms with Crippen molar-refractivity contribution in [1.82, 2.24) is 10.9 Å². The molecule has 2 amide bonds. The van der Waals surface area contributed by atoms with Crippen LogP contribution in [0, 0.1) is 0 Å². The Balaban J connectivity index is 3.23. The molecule has 0 spiro atoms. The molecular formula is C18H34N6O4+2. The zero-order valence-electron chi connectivity index (χ0n) is 17.7. The molecular weight excluding hydrogens is 364 g/mol. The summed E-state index contributed by atoms with van der Waals surface area (Å²) in [5, 5.41) is 0. The molecule has 10 heteroatoms. The highest BCUT2D eigenvalue weighted by molar-refractivity contribution is 6.02. The molecule has 0 aromatic heterocycles. The van der Waals surface area contributed by atoms with Crippen LogP contribution in [0.1, 0.15) is 20.7 Å². The number of hydrogen-bond donors (Lipinski definition) is 4. The van der Waals surface area contributed by atoms with E-state index < -0.39 is 11.8 Å². The van der Waals surface area contributed by atoms with Crippen molar-refractivity contribution < 1.29 is 28.0 Å². The van der Waals surface area contributed by atoms with Gasteiger partial charge in [0.15, 0.2) is 0 Å². The number of nitrogen functional groups attached to an aromatic ring is 2. The first-order valence-electron chi connectivity index (χ1n) is 8.94. The minimum absolute atomic E-state index is 0.178. The summed E-state index contributed by atoms with van der Waals surface area (Å²) in [5.74, 6) is 9.97. The Labute approximate surface area is 166 Å². The lowest BCUT2D eigenvalue weighted by Crippen LogP contribution is -2.39. The van der Waals surface area contributed by atoms with E-state index in [0.717, 1.165) is 0 Å². The predicted octanol–water partition coefficient (Wildman–Crippen LogP) is -0.936. The second-order valence-corrected chi connectivity index (χ2v) is 8.52. The molecule has 1 rings (SSSR count). The molecule has 0 unspecified atom stereocenters. The fourth-order valence-electron chi connectivity index (χ4n) is 2.17. The Morgan fingerprint density at radius 2 is 1.11 bits per heavy atom. The Morgan fingerprint density at radius 1 is 0.786 bits per heavy atom. The molecule has 0 radical (unpaired) electrons. The number of benzene rings is 1. The van der Waals surface area contributed by atoms with Gasteiger partial charge in [-0.05, 0) is 12.1 Å². The highest BCUT2D eigenvalue weighted by Crippen LogP contribution is 2.29. The van der Waals surface area contributed by atoms with E-state index in [0.29, 0.717) is 35.3 Å². The van der Waals surface area contributed by atoms with E-state index in [1.165, 1.54) is 12.1 Å². The molecule has 0 fully saturated rings. The number of nitrogens with zero attached hydrogens (tertiary/aromatic N) is 2. The lowest BCUT2D eigenvalue weighted by Gasteiger charge is -2.25. The second kappa shape index (κ2) is 9.69. The number of nitrogens with one attached hydrogen (secondary N) is 2. The van der Waals surface area contributed by atoms with E-state index >= 15 is 0 Å². The fourth-order valence-corrected chi connectivity index (χ4v) is 2.17. The van der Waals surface area contributed by atoms with Crippen LogP contribution in [0.2, 0.25) is 0 Å². The molecule has 28 heavy (non-hydrogen) atoms. The van der Waals surface area contributed by atoms with Crippen molar-refractivity contribution in [3.8, 4) is 11.5 Å². The van der Waals surface area contributed by atoms with E-state index in [-0.39, 0.29) is 22.6 Å². The number of ether oxygens (including phenoxy) is 2. The molecule has 0 saturated heterocycles. The van der Waals surface area contributed by atoms with E-state index in [9.17, 15) is 9.59 Å². The van der Waals surface area contributed by atoms with E-state index in [1.54, 1.807) is 0 Å². The summed E-state index contributed by atoms with van der Waals surface area (Å²) >= 11 is 0. The third-order valence-corrected chi connectivity index (χ3v) is 3.87. The first kappa shape index (κ1) is 23.6. The van der Waals surface area contributed by atoms with Gasteiger partial charge in [-0.15, -0.1) is 0 Å². The van der Waals surface area contributed by atoms with Crippen LogP contribution in [-0.2, 0) is 0 Å². The van der Waals surface area contributed by atoms with Crippen molar-refractivity contribution in [2.75, 3.05) is 68.6 Å². The van der Waals surface area contributed by atoms with Gasteiger partial charge in [0.25, 0.3) is 11.8 Å². The first-order chi connectivity index (χ1) is 12.9. The summed E-state index contributed by atoms with van der Waals surface area (Å²) in [4.78, 5) is 24.5. The lowest BCUT2D eigenvalue weighted by atomic mass is 10.1. The largest absolute Gasteiger partial charge is 0.487 e. The van der Waals surface area contributed by atoms with Crippen molar-refractivity contribution in [2.45, 2.75) is 0 Å². The summed E-state index contributed by atoms with van der Waals surface area (Å²) in [5.41, 5.74) is 4.54. The zero-order valence-corrected chi connectivity index (χ0v) is 17.7. The summed E-state index contributed by atoms with van der Waals surface area (Å²) < 4.78 is 12.9. The molecule has 10 nitrogen and oxygen atoms in total. The number of carbonyl (C=O) groups is 2. The quantitative estimate of drug-likeness (QED) is 0.174. The molecule has 0 aliphatic carbocycles. The molecule has 0 aliphatic rings. The normalized spacial score (nSPS) is 11.7. The van der Waals surface area contributed by atoms with Crippen LogP contribution < -0.4 is 32.0 Å². The molecule has 158 valence electrons. The minimum Gasteiger partial charge on any atom is -0.487 e. The summed E-state index contributed by atoms with van der Waals surface area (Å²) in [6.45, 7) is 2.09. The number of hydrogen-bond acceptors (Lipinski definition) is 6. The number of likely N-dealkylation sites (N-methyl/N-ethyl adjacent to an activating group) is 2. The smallest absolute Gasteiger partial charge is 0.269 e. The predicted molar refractivity (Wildman–Crippen MR) is 107 cm³/mol. The van der Waals surface area contributed by atoms with Crippen LogP contribution in [-0.4, -0.2) is 89.4 Å². The van der Waals surface area contributed by atoms with Crippen LogP contribution >= 0.6 is 0 Å². The Hall–Kier alpha value is -2.40. The van der Waals surface area contributed by atoms with Gasteiger partial charge in [-0.25, -0.2) is 11.7 Å². The van der Waals surface area contributed by atoms with Gasteiger partial charge < -0.3 is 18.4 Å². The van der Waals surface area contributed by atoms with Crippen LogP contribution in [0.25, 0.3) is 0 Å². The SMILES string of the molecule is C[N+](C)(C)CCOc1cc(C(=O)NN)c(OCC[N+](C)(C)C)cc1C(=O)NN. The highest BCUT2D eigenvalue weighted by atomic mass is 16.5. The average molecular weight is 399 g/mol. The van der Waals surface area contributed by atoms with Crippen LogP contribution in [0.15, 0.2) is 12.1 Å². The van der Waals surface area contributed by atoms with Gasteiger partial charge in [-0.2, -0.15) is 0 Å². The monoisotopic (exact) mass is 398 g/mol. The third kappa shape index (κ3) is 7.69. The van der Waals surface area contributed by atoms with Crippen molar-refractivity contribution in [3.05, 3.63) is 23.3 Å². The topological polar surface area (TPSA) is 129 Å². The van der Waals surface area contributed by atoms with Crippen LogP contribution in [0.3, 0.4) is 0 Å². The molecule has 0 aliphatic heterocycles. The molecule has 1 aromatic carbocycles. The molecule has 1 aromatic rings. The standard InChI is InChI=1S/C18H32N6O4/c1-23(2,3)7-9-27-15-11-14(18(26)22-20)16(12-13(15)17(25)21-19)28-10-8-24(4,5)6/h11-12H,7-10H2,1-6H3,(H4-2,19,20,21,22,25,26)/p+2. The van der Waals surface area contributed by atoms with E-state index in [2.05, 4.69) is 10.9 Å².